The van der Waals surface area contributed by atoms with E-state index in [1.807, 2.05) is 0 Å². The molecule has 0 saturated carbocycles. The first-order chi connectivity index (χ1) is 11.7. The van der Waals surface area contributed by atoms with Crippen molar-refractivity contribution < 1.29 is 9.53 Å². The van der Waals surface area contributed by atoms with E-state index in [-0.39, 0.29) is 23.7 Å². The smallest absolute Gasteiger partial charge is 0.220 e. The van der Waals surface area contributed by atoms with Gasteiger partial charge in [0.25, 0.3) is 0 Å². The second-order valence-electron chi connectivity index (χ2n) is 7.54. The lowest BCUT2D eigenvalue weighted by atomic mass is 9.79. The highest BCUT2D eigenvalue weighted by atomic mass is 35.5. The first-order valence-corrected chi connectivity index (χ1v) is 9.24. The Morgan fingerprint density at radius 3 is 2.72 bits per heavy atom. The van der Waals surface area contributed by atoms with Gasteiger partial charge in [0.2, 0.25) is 5.91 Å². The molecule has 1 fully saturated rings. The predicted molar refractivity (Wildman–Crippen MR) is 103 cm³/mol. The Labute approximate surface area is 157 Å². The van der Waals surface area contributed by atoms with E-state index in [1.165, 1.54) is 11.1 Å². The fraction of sp³-hybridized carbons (Fsp3) is 0.650. The third-order valence-electron chi connectivity index (χ3n) is 5.70. The molecule has 1 atom stereocenters. The number of carbonyl (C=O) groups is 1. The Morgan fingerprint density at radius 1 is 1.28 bits per heavy atom. The number of aryl methyl sites for hydroxylation is 1. The minimum absolute atomic E-state index is 0. The number of piperidine rings is 1. The van der Waals surface area contributed by atoms with Crippen LogP contribution in [0.1, 0.15) is 36.8 Å². The van der Waals surface area contributed by atoms with Gasteiger partial charge in [0.1, 0.15) is 0 Å². The zero-order chi connectivity index (χ0) is 16.8. The number of ether oxygens (including phenoxy) is 1. The van der Waals surface area contributed by atoms with Gasteiger partial charge in [0.05, 0.1) is 6.61 Å². The highest BCUT2D eigenvalue weighted by molar-refractivity contribution is 5.85. The minimum atomic E-state index is 0. The molecule has 1 aliphatic carbocycles. The average molecular weight is 367 g/mol. The van der Waals surface area contributed by atoms with Gasteiger partial charge in [-0.05, 0) is 62.2 Å². The maximum atomic E-state index is 12.4. The highest BCUT2D eigenvalue weighted by Gasteiger charge is 2.32. The van der Waals surface area contributed by atoms with E-state index < -0.39 is 0 Å². The molecule has 0 radical (unpaired) electrons. The van der Waals surface area contributed by atoms with Crippen LogP contribution in [0.15, 0.2) is 24.3 Å². The normalized spacial score (nSPS) is 21.7. The monoisotopic (exact) mass is 366 g/mol. The van der Waals surface area contributed by atoms with E-state index in [0.717, 1.165) is 58.3 Å². The molecular formula is C20H31ClN2O2. The topological polar surface area (TPSA) is 50.4 Å². The van der Waals surface area contributed by atoms with Crippen molar-refractivity contribution in [3.8, 4) is 0 Å². The van der Waals surface area contributed by atoms with Gasteiger partial charge in [-0.25, -0.2) is 0 Å². The number of amides is 1. The van der Waals surface area contributed by atoms with Gasteiger partial charge in [0, 0.05) is 25.5 Å². The predicted octanol–water partition coefficient (Wildman–Crippen LogP) is 2.74. The Kier molecular flexibility index (Phi) is 7.73. The van der Waals surface area contributed by atoms with Crippen LogP contribution in [0, 0.1) is 11.3 Å². The molecule has 1 aromatic carbocycles. The van der Waals surface area contributed by atoms with Crippen LogP contribution < -0.4 is 10.6 Å². The number of hydrogen-bond donors (Lipinski definition) is 2. The van der Waals surface area contributed by atoms with Crippen molar-refractivity contribution in [3.05, 3.63) is 35.4 Å². The molecule has 1 unspecified atom stereocenters. The SMILES string of the molecule is COCC1(CNC(=O)CC2CCc3ccccc3C2)CCNCC1.Cl. The molecule has 25 heavy (non-hydrogen) atoms. The Morgan fingerprint density at radius 2 is 2.00 bits per heavy atom. The van der Waals surface area contributed by atoms with Gasteiger partial charge < -0.3 is 15.4 Å². The van der Waals surface area contributed by atoms with Crippen LogP contribution in [0.4, 0.5) is 0 Å². The van der Waals surface area contributed by atoms with Crippen LogP contribution in [-0.4, -0.2) is 39.3 Å². The van der Waals surface area contributed by atoms with Crippen molar-refractivity contribution in [2.75, 3.05) is 33.4 Å². The summed E-state index contributed by atoms with van der Waals surface area (Å²) in [7, 11) is 1.76. The van der Waals surface area contributed by atoms with Crippen LogP contribution in [0.2, 0.25) is 0 Å². The van der Waals surface area contributed by atoms with E-state index in [4.69, 9.17) is 4.74 Å². The zero-order valence-corrected chi connectivity index (χ0v) is 16.0. The molecule has 5 heteroatoms. The van der Waals surface area contributed by atoms with Crippen molar-refractivity contribution in [2.24, 2.45) is 11.3 Å². The molecule has 0 bridgehead atoms. The largest absolute Gasteiger partial charge is 0.384 e. The first kappa shape index (κ1) is 20.2. The molecule has 1 aromatic rings. The van der Waals surface area contributed by atoms with Crippen molar-refractivity contribution in [1.82, 2.24) is 10.6 Å². The van der Waals surface area contributed by atoms with Crippen molar-refractivity contribution in [3.63, 3.8) is 0 Å². The number of halogens is 1. The molecule has 4 nitrogen and oxygen atoms in total. The van der Waals surface area contributed by atoms with Crippen LogP contribution in [-0.2, 0) is 22.4 Å². The molecule has 1 saturated heterocycles. The maximum Gasteiger partial charge on any atom is 0.220 e. The summed E-state index contributed by atoms with van der Waals surface area (Å²) in [5, 5.41) is 6.59. The van der Waals surface area contributed by atoms with Crippen molar-refractivity contribution >= 4 is 18.3 Å². The molecule has 1 aliphatic heterocycles. The number of hydrogen-bond acceptors (Lipinski definition) is 3. The van der Waals surface area contributed by atoms with E-state index in [2.05, 4.69) is 34.9 Å². The lowest BCUT2D eigenvalue weighted by Gasteiger charge is -2.37. The Balaban J connectivity index is 0.00000225. The summed E-state index contributed by atoms with van der Waals surface area (Å²) in [6, 6.07) is 8.65. The van der Waals surface area contributed by atoms with Gasteiger partial charge >= 0.3 is 0 Å². The van der Waals surface area contributed by atoms with E-state index >= 15 is 0 Å². The Hall–Kier alpha value is -1.10. The lowest BCUT2D eigenvalue weighted by molar-refractivity contribution is -0.123. The molecule has 1 heterocycles. The number of rotatable bonds is 6. The molecule has 1 amide bonds. The van der Waals surface area contributed by atoms with Crippen molar-refractivity contribution in [1.29, 1.82) is 0 Å². The molecule has 0 spiro atoms. The summed E-state index contributed by atoms with van der Waals surface area (Å²) in [4.78, 5) is 12.4. The van der Waals surface area contributed by atoms with Crippen molar-refractivity contribution in [2.45, 2.75) is 38.5 Å². The van der Waals surface area contributed by atoms with Gasteiger partial charge in [0.15, 0.2) is 0 Å². The van der Waals surface area contributed by atoms with Crippen LogP contribution in [0.5, 0.6) is 0 Å². The number of fused-ring (bicyclic) bond motifs is 1. The van der Waals surface area contributed by atoms with Gasteiger partial charge in [-0.1, -0.05) is 24.3 Å². The fourth-order valence-corrected chi connectivity index (χ4v) is 4.20. The van der Waals surface area contributed by atoms with E-state index in [1.54, 1.807) is 7.11 Å². The van der Waals surface area contributed by atoms with Crippen LogP contribution >= 0.6 is 12.4 Å². The van der Waals surface area contributed by atoms with Crippen LogP contribution in [0.3, 0.4) is 0 Å². The Bertz CT molecular complexity index is 553. The fourth-order valence-electron chi connectivity index (χ4n) is 4.20. The summed E-state index contributed by atoms with van der Waals surface area (Å²) in [5.74, 6) is 0.680. The highest BCUT2D eigenvalue weighted by Crippen LogP contribution is 2.29. The first-order valence-electron chi connectivity index (χ1n) is 9.24. The van der Waals surface area contributed by atoms with Crippen LogP contribution in [0.25, 0.3) is 0 Å². The summed E-state index contributed by atoms with van der Waals surface area (Å²) in [6.45, 7) is 3.49. The maximum absolute atomic E-state index is 12.4. The average Bonchev–Trinajstić information content (AvgIpc) is 2.61. The number of methoxy groups -OCH3 is 1. The third kappa shape index (κ3) is 5.44. The zero-order valence-electron chi connectivity index (χ0n) is 15.2. The summed E-state index contributed by atoms with van der Waals surface area (Å²) in [6.07, 6.45) is 6.05. The second-order valence-corrected chi connectivity index (χ2v) is 7.54. The molecule has 2 aliphatic rings. The molecule has 3 rings (SSSR count). The summed E-state index contributed by atoms with van der Waals surface area (Å²) in [5.41, 5.74) is 2.99. The number of nitrogens with one attached hydrogen (secondary N) is 2. The molecule has 0 aromatic heterocycles. The van der Waals surface area contributed by atoms with Gasteiger partial charge in [-0.2, -0.15) is 0 Å². The number of benzene rings is 1. The third-order valence-corrected chi connectivity index (χ3v) is 5.70. The summed E-state index contributed by atoms with van der Waals surface area (Å²) < 4.78 is 5.43. The molecule has 140 valence electrons. The van der Waals surface area contributed by atoms with E-state index in [0.29, 0.717) is 12.3 Å². The second kappa shape index (κ2) is 9.56. The molecule has 2 N–H and O–H groups in total. The summed E-state index contributed by atoms with van der Waals surface area (Å²) >= 11 is 0. The van der Waals surface area contributed by atoms with E-state index in [9.17, 15) is 4.79 Å². The number of carbonyl (C=O) groups excluding carboxylic acids is 1. The minimum Gasteiger partial charge on any atom is -0.384 e. The lowest BCUT2D eigenvalue weighted by Crippen LogP contribution is -2.47. The molecular weight excluding hydrogens is 336 g/mol. The van der Waals surface area contributed by atoms with Gasteiger partial charge in [-0.3, -0.25) is 4.79 Å². The van der Waals surface area contributed by atoms with Gasteiger partial charge in [-0.15, -0.1) is 12.4 Å². The standard InChI is InChI=1S/C20H30N2O2.ClH/c1-24-15-20(8-10-21-11-9-20)14-22-19(23)13-16-6-7-17-4-2-3-5-18(17)12-16;/h2-5,16,21H,6-15H2,1H3,(H,22,23);1H. The quantitative estimate of drug-likeness (QED) is 0.813.